The van der Waals surface area contributed by atoms with E-state index in [0.717, 1.165) is 0 Å². The smallest absolute Gasteiger partial charge is 0.243 e. The molecule has 2 aromatic heterocycles. The van der Waals surface area contributed by atoms with Crippen LogP contribution in [0.3, 0.4) is 0 Å². The van der Waals surface area contributed by atoms with Gasteiger partial charge in [0.05, 0.1) is 25.8 Å². The molecule has 3 aromatic rings. The van der Waals surface area contributed by atoms with E-state index in [-0.39, 0.29) is 88.5 Å². The van der Waals surface area contributed by atoms with Gasteiger partial charge in [-0.15, -0.1) is 0 Å². The third-order valence-electron chi connectivity index (χ3n) is 16.4. The Morgan fingerprint density at radius 3 is 1.54 bits per heavy atom. The highest BCUT2D eigenvalue weighted by Gasteiger charge is 2.36. The van der Waals surface area contributed by atoms with E-state index in [0.29, 0.717) is 27.9 Å². The summed E-state index contributed by atoms with van der Waals surface area (Å²) in [5.74, 6) is -15.7. The van der Waals surface area contributed by atoms with Gasteiger partial charge < -0.3 is 113 Å². The third-order valence-corrected chi connectivity index (χ3v) is 17.0. The van der Waals surface area contributed by atoms with Gasteiger partial charge in [0.1, 0.15) is 66.5 Å². The van der Waals surface area contributed by atoms with E-state index >= 15 is 0 Å². The lowest BCUT2D eigenvalue weighted by atomic mass is 10.0. The van der Waals surface area contributed by atoms with Crippen LogP contribution in [-0.4, -0.2) is 220 Å². The van der Waals surface area contributed by atoms with Crippen molar-refractivity contribution in [2.75, 3.05) is 31.6 Å². The summed E-state index contributed by atoms with van der Waals surface area (Å²) in [6.45, 7) is 9.86. The molecule has 40 nitrogen and oxygen atoms in total. The van der Waals surface area contributed by atoms with Gasteiger partial charge >= 0.3 is 0 Å². The minimum atomic E-state index is -1.87. The number of guanidine groups is 1. The summed E-state index contributed by atoms with van der Waals surface area (Å²) in [6.07, 6.45) is 3.75. The normalized spacial score (nSPS) is 14.1. The van der Waals surface area contributed by atoms with Crippen molar-refractivity contribution in [3.63, 3.8) is 0 Å². The van der Waals surface area contributed by atoms with Crippen LogP contribution in [0.25, 0.3) is 10.9 Å². The molecule has 0 aliphatic carbocycles. The Morgan fingerprint density at radius 2 is 1.00 bits per heavy atom. The van der Waals surface area contributed by atoms with Crippen molar-refractivity contribution in [2.24, 2.45) is 57.1 Å². The largest absolute Gasteiger partial charge is 0.370 e. The number of amides is 17. The van der Waals surface area contributed by atoms with Gasteiger partial charge in [-0.3, -0.25) is 86.5 Å². The van der Waals surface area contributed by atoms with Gasteiger partial charge in [0.15, 0.2) is 5.96 Å². The fourth-order valence-electron chi connectivity index (χ4n) is 10.8. The monoisotopic (exact) mass is 1540 g/mol. The maximum absolute atomic E-state index is 14.5. The van der Waals surface area contributed by atoms with Crippen molar-refractivity contribution in [2.45, 2.75) is 192 Å². The molecule has 2 heterocycles. The summed E-state index contributed by atoms with van der Waals surface area (Å²) in [7, 11) is 0. The van der Waals surface area contributed by atoms with Gasteiger partial charge in [0.2, 0.25) is 101 Å². The number of thioether (sulfide) groups is 1. The number of primary amides is 4. The van der Waals surface area contributed by atoms with Crippen LogP contribution < -0.4 is 104 Å². The lowest BCUT2D eigenvalue weighted by molar-refractivity contribution is -0.136. The number of nitrogens with two attached hydrogens (primary N) is 6. The topological polar surface area (TPSA) is 660 Å². The Kier molecular flexibility index (Phi) is 39.1. The quantitative estimate of drug-likeness (QED) is 0.0108. The zero-order chi connectivity index (χ0) is 80.9. The zero-order valence-corrected chi connectivity index (χ0v) is 62.5. The molecule has 11 unspecified atom stereocenters. The average Bonchev–Trinajstić information content (AvgIpc) is 1.67. The van der Waals surface area contributed by atoms with Gasteiger partial charge in [-0.2, -0.15) is 11.8 Å². The van der Waals surface area contributed by atoms with Gasteiger partial charge in [0.25, 0.3) is 0 Å². The molecule has 11 atom stereocenters. The summed E-state index contributed by atoms with van der Waals surface area (Å²) in [4.78, 5) is 240. The van der Waals surface area contributed by atoms with Crippen molar-refractivity contribution in [1.29, 1.82) is 0 Å². The van der Waals surface area contributed by atoms with Crippen LogP contribution in [0.5, 0.6) is 0 Å². The molecule has 0 aliphatic heterocycles. The number of aromatic nitrogens is 3. The molecule has 27 N–H and O–H groups in total. The molecule has 41 heteroatoms. The number of imidazole rings is 1. The highest BCUT2D eigenvalue weighted by molar-refractivity contribution is 7.98. The number of benzene rings is 1. The molecule has 17 amide bonds. The number of hydrogen-bond acceptors (Lipinski definition) is 20. The van der Waals surface area contributed by atoms with Crippen LogP contribution in [0.2, 0.25) is 0 Å². The van der Waals surface area contributed by atoms with Crippen LogP contribution in [0, 0.1) is 17.8 Å². The highest BCUT2D eigenvalue weighted by Crippen LogP contribution is 2.20. The van der Waals surface area contributed by atoms with Crippen LogP contribution in [0.1, 0.15) is 124 Å². The van der Waals surface area contributed by atoms with Crippen LogP contribution >= 0.6 is 11.8 Å². The molecule has 0 saturated carbocycles. The summed E-state index contributed by atoms with van der Waals surface area (Å²) in [5.41, 5.74) is 34.2. The Bertz CT molecular complexity index is 3640. The number of fused-ring (bicyclic) bond motifs is 1. The van der Waals surface area contributed by atoms with E-state index in [4.69, 9.17) is 34.4 Å². The molecule has 0 aliphatic rings. The van der Waals surface area contributed by atoms with Crippen LogP contribution in [0.15, 0.2) is 48.0 Å². The summed E-state index contributed by atoms with van der Waals surface area (Å²) in [6, 6.07) is -8.74. The molecule has 0 bridgehead atoms. The van der Waals surface area contributed by atoms with Crippen molar-refractivity contribution in [3.8, 4) is 0 Å². The zero-order valence-electron chi connectivity index (χ0n) is 61.7. The predicted octanol–water partition coefficient (Wildman–Crippen LogP) is -6.66. The maximum atomic E-state index is 14.5. The number of rotatable bonds is 51. The minimum Gasteiger partial charge on any atom is -0.370 e. The number of aromatic amines is 2. The van der Waals surface area contributed by atoms with Crippen molar-refractivity contribution >= 4 is 130 Å². The van der Waals surface area contributed by atoms with Gasteiger partial charge in [-0.05, 0) is 93.3 Å². The van der Waals surface area contributed by atoms with E-state index in [9.17, 15) is 81.5 Å². The molecule has 0 radical (unpaired) electrons. The molecule has 0 saturated heterocycles. The molecule has 3 rings (SSSR count). The van der Waals surface area contributed by atoms with Gasteiger partial charge in [-0.25, -0.2) is 4.98 Å². The van der Waals surface area contributed by atoms with E-state index < -0.39 is 199 Å². The molecule has 0 fully saturated rings. The fraction of sp³-hybridized carbons (Fsp3) is 0.567. The van der Waals surface area contributed by atoms with E-state index in [1.54, 1.807) is 58.2 Å². The number of carbonyl (C=O) groups excluding carboxylic acids is 17. The van der Waals surface area contributed by atoms with Crippen molar-refractivity contribution in [3.05, 3.63) is 54.2 Å². The summed E-state index contributed by atoms with van der Waals surface area (Å²) < 4.78 is 0. The molecular formula is C67H105N23O17S. The van der Waals surface area contributed by atoms with Crippen LogP contribution in [-0.2, 0) is 94.3 Å². The number of para-hydroxylation sites is 1. The Morgan fingerprint density at radius 1 is 0.509 bits per heavy atom. The summed E-state index contributed by atoms with van der Waals surface area (Å²) >= 11 is 1.44. The Hall–Kier alpha value is -11.4. The average molecular weight is 1540 g/mol. The SMILES string of the molecule is CSCCC(NC(=O)C(CC(C)C)NC(=O)C(Cc1cnc[nH]1)NC(=O)CNC(=O)C(NC(=O)C(C)NC(=O)C(Cc1c[nH]c2ccccc12)NC(=O)C(CCC(N)=O)NC(=O)C(CC(N)=O)NC(=O)CNC(=O)C(CC(C)C)NC(=O)C(CCCN=C(N)N)NC(=O)C(CCC(N)=O)NC=O)C(C)C)C(N)=O. The summed E-state index contributed by atoms with van der Waals surface area (Å²) in [5, 5.41) is 32.9. The van der Waals surface area contributed by atoms with E-state index in [1.165, 1.54) is 31.2 Å². The first kappa shape index (κ1) is 90.8. The maximum Gasteiger partial charge on any atom is 0.243 e. The number of nitrogens with zero attached hydrogens (tertiary/aromatic N) is 2. The first-order chi connectivity index (χ1) is 50.9. The van der Waals surface area contributed by atoms with Gasteiger partial charge in [-0.1, -0.05) is 59.7 Å². The number of hydrogen-bond donors (Lipinski definition) is 21. The Balaban J connectivity index is 1.84. The second-order valence-corrected chi connectivity index (χ2v) is 27.7. The van der Waals surface area contributed by atoms with Gasteiger partial charge in [0, 0.05) is 61.2 Å². The second-order valence-electron chi connectivity index (χ2n) is 26.8. The number of nitrogens with one attached hydrogen (secondary N) is 15. The fourth-order valence-corrected chi connectivity index (χ4v) is 11.2. The molecular weight excluding hydrogens is 1430 g/mol. The number of aliphatic imine (C=N–C) groups is 1. The third kappa shape index (κ3) is 33.4. The second kappa shape index (κ2) is 46.5. The lowest BCUT2D eigenvalue weighted by Gasteiger charge is -2.27. The Labute approximate surface area is 627 Å². The molecule has 596 valence electrons. The first-order valence-electron chi connectivity index (χ1n) is 34.9. The van der Waals surface area contributed by atoms with E-state index in [2.05, 4.69) is 89.1 Å². The number of carbonyl (C=O) groups is 17. The van der Waals surface area contributed by atoms with E-state index in [1.807, 2.05) is 20.1 Å². The van der Waals surface area contributed by atoms with Crippen molar-refractivity contribution < 1.29 is 81.5 Å². The lowest BCUT2D eigenvalue weighted by Crippen LogP contribution is -2.60. The predicted molar refractivity (Wildman–Crippen MR) is 395 cm³/mol. The molecule has 0 spiro atoms. The highest BCUT2D eigenvalue weighted by atomic mass is 32.2. The number of H-pyrrole nitrogens is 2. The minimum absolute atomic E-state index is 0.0118. The standard InChI is InChI=1S/C67H105N23O17S/c1-33(2)22-45(87-60(101)43(14-11-20-75-67(72)73)85-59(100)42(80-32-91)15-17-50(68)92)58(99)77-29-53(95)83-49(26-52(70)94)65(106)86-44(16-18-51(69)93)61(102)89-47(24-37-27-76-40-13-10-9-12-39(37)40)62(103)81-36(7)57(98)90-55(35(5)6)66(107)78-30-54(96)82-48(25-38-28-74-31-79-38)64(105)88-46(23-34(3)4)63(104)84-41(56(71)97)19-21-108-8/h9-10,12-13,27-28,31-36,41-49,55,76H,11,14-26,29-30H2,1-8H3,(H2,68,92)(H2,69,93)(H2,70,94)(H2,71,97)(H,74,79)(H,77,99)(H,78,107)(H,80,91)(H,81,103)(H,82,96)(H,83,95)(H,84,104)(H,85,100)(H,86,106)(H,87,101)(H,88,105)(H,89,102)(H,90,98)(H4,72,73,75). The molecule has 108 heavy (non-hydrogen) atoms. The molecule has 1 aromatic carbocycles. The first-order valence-corrected chi connectivity index (χ1v) is 36.3. The van der Waals surface area contributed by atoms with Crippen molar-refractivity contribution in [1.82, 2.24) is 84.1 Å². The van der Waals surface area contributed by atoms with Crippen LogP contribution in [0.4, 0.5) is 0 Å².